The van der Waals surface area contributed by atoms with Crippen LogP contribution in [0.5, 0.6) is 0 Å². The van der Waals surface area contributed by atoms with Crippen molar-refractivity contribution in [1.82, 2.24) is 10.2 Å². The molecule has 5 nitrogen and oxygen atoms in total. The van der Waals surface area contributed by atoms with Gasteiger partial charge >= 0.3 is 6.09 Å². The molecule has 0 aromatic heterocycles. The first kappa shape index (κ1) is 15.0. The van der Waals surface area contributed by atoms with E-state index in [-0.39, 0.29) is 11.6 Å². The van der Waals surface area contributed by atoms with E-state index in [2.05, 4.69) is 5.32 Å². The number of ether oxygens (including phenoxy) is 2. The number of benzene rings is 1. The van der Waals surface area contributed by atoms with Crippen molar-refractivity contribution in [2.45, 2.75) is 50.0 Å². The summed E-state index contributed by atoms with van der Waals surface area (Å²) >= 11 is 0. The zero-order valence-corrected chi connectivity index (χ0v) is 13.4. The van der Waals surface area contributed by atoms with Gasteiger partial charge in [-0.3, -0.25) is 0 Å². The lowest BCUT2D eigenvalue weighted by Gasteiger charge is -2.40. The van der Waals surface area contributed by atoms with Gasteiger partial charge in [0.1, 0.15) is 6.61 Å². The normalized spacial score (nSPS) is 29.6. The molecule has 5 heteroatoms. The topological polar surface area (TPSA) is 50.8 Å². The predicted molar refractivity (Wildman–Crippen MR) is 86.1 cm³/mol. The van der Waals surface area contributed by atoms with Gasteiger partial charge in [-0.15, -0.1) is 0 Å². The molecular weight excluding hydrogens is 292 g/mol. The van der Waals surface area contributed by atoms with E-state index in [1.165, 1.54) is 12.8 Å². The lowest BCUT2D eigenvalue weighted by Crippen LogP contribution is -2.62. The van der Waals surface area contributed by atoms with Crippen molar-refractivity contribution in [3.05, 3.63) is 35.9 Å². The molecule has 4 rings (SSSR count). The number of rotatable bonds is 5. The lowest BCUT2D eigenvalue weighted by atomic mass is 9.98. The van der Waals surface area contributed by atoms with Crippen LogP contribution in [-0.2, 0) is 16.1 Å². The molecule has 1 aromatic rings. The number of likely N-dealkylation sites (tertiary alicyclic amines) is 1. The van der Waals surface area contributed by atoms with Crippen LogP contribution >= 0.6 is 0 Å². The van der Waals surface area contributed by atoms with E-state index in [9.17, 15) is 4.79 Å². The maximum Gasteiger partial charge on any atom is 0.410 e. The van der Waals surface area contributed by atoms with Gasteiger partial charge in [-0.1, -0.05) is 30.3 Å². The molecule has 2 saturated heterocycles. The van der Waals surface area contributed by atoms with E-state index in [0.29, 0.717) is 31.9 Å². The average molecular weight is 316 g/mol. The van der Waals surface area contributed by atoms with Crippen molar-refractivity contribution in [3.8, 4) is 0 Å². The molecule has 1 amide bonds. The highest BCUT2D eigenvalue weighted by atomic mass is 16.6. The summed E-state index contributed by atoms with van der Waals surface area (Å²) in [5, 5.41) is 3.67. The second-order valence-electron chi connectivity index (χ2n) is 7.09. The molecule has 0 unspecified atom stereocenters. The Balaban J connectivity index is 1.34. The number of piperazine rings is 1. The molecule has 2 heterocycles. The molecule has 1 saturated carbocycles. The van der Waals surface area contributed by atoms with Crippen molar-refractivity contribution in [3.63, 3.8) is 0 Å². The van der Waals surface area contributed by atoms with Crippen LogP contribution in [0.1, 0.15) is 31.2 Å². The fourth-order valence-corrected chi connectivity index (χ4v) is 3.61. The highest BCUT2D eigenvalue weighted by molar-refractivity contribution is 5.68. The van der Waals surface area contributed by atoms with Crippen LogP contribution in [0.15, 0.2) is 30.3 Å². The number of amides is 1. The summed E-state index contributed by atoms with van der Waals surface area (Å²) < 4.78 is 11.4. The Kier molecular flexibility index (Phi) is 3.99. The van der Waals surface area contributed by atoms with Crippen molar-refractivity contribution >= 4 is 6.09 Å². The Hall–Kier alpha value is -1.59. The number of nitrogens with one attached hydrogen (secondary N) is 1. The van der Waals surface area contributed by atoms with Gasteiger partial charge in [-0.2, -0.15) is 0 Å². The fourth-order valence-electron chi connectivity index (χ4n) is 3.61. The molecule has 1 aliphatic carbocycles. The van der Waals surface area contributed by atoms with Gasteiger partial charge in [0, 0.05) is 19.1 Å². The summed E-state index contributed by atoms with van der Waals surface area (Å²) in [6.07, 6.45) is 4.79. The molecule has 3 aliphatic rings. The molecular formula is C18H24N2O3. The first-order chi connectivity index (χ1) is 11.2. The maximum absolute atomic E-state index is 12.4. The van der Waals surface area contributed by atoms with E-state index in [0.717, 1.165) is 24.9 Å². The smallest absolute Gasteiger partial charge is 0.410 e. The third kappa shape index (κ3) is 3.51. The Morgan fingerprint density at radius 3 is 2.87 bits per heavy atom. The van der Waals surface area contributed by atoms with E-state index >= 15 is 0 Å². The molecule has 0 radical (unpaired) electrons. The first-order valence-corrected chi connectivity index (χ1v) is 8.57. The Morgan fingerprint density at radius 1 is 1.26 bits per heavy atom. The van der Waals surface area contributed by atoms with Crippen LogP contribution in [0.3, 0.4) is 0 Å². The van der Waals surface area contributed by atoms with E-state index in [4.69, 9.17) is 9.47 Å². The van der Waals surface area contributed by atoms with Crippen LogP contribution in [0.2, 0.25) is 0 Å². The van der Waals surface area contributed by atoms with Crippen molar-refractivity contribution in [1.29, 1.82) is 0 Å². The Morgan fingerprint density at radius 2 is 2.09 bits per heavy atom. The number of hydrogen-bond donors (Lipinski definition) is 1. The molecule has 1 N–H and O–H groups in total. The summed E-state index contributed by atoms with van der Waals surface area (Å²) in [6, 6.07) is 10.2. The van der Waals surface area contributed by atoms with Crippen LogP contribution in [0, 0.1) is 0 Å². The zero-order chi connectivity index (χ0) is 15.7. The second kappa shape index (κ2) is 6.13. The number of nitrogens with zero attached hydrogens (tertiary/aromatic N) is 1. The third-order valence-electron chi connectivity index (χ3n) is 5.00. The van der Waals surface area contributed by atoms with Gasteiger partial charge < -0.3 is 19.7 Å². The molecule has 3 fully saturated rings. The van der Waals surface area contributed by atoms with E-state index in [1.807, 2.05) is 35.2 Å². The summed E-state index contributed by atoms with van der Waals surface area (Å²) in [5.41, 5.74) is 0.947. The van der Waals surface area contributed by atoms with Gasteiger partial charge in [0.05, 0.1) is 18.2 Å². The molecule has 2 aliphatic heterocycles. The zero-order valence-electron chi connectivity index (χ0n) is 13.4. The van der Waals surface area contributed by atoms with E-state index in [1.54, 1.807) is 0 Å². The molecule has 0 spiro atoms. The highest BCUT2D eigenvalue weighted by Crippen LogP contribution is 2.33. The SMILES string of the molecule is O=C(OCc1ccccc1)N1C[C@@H]2CC[C@](COC3CC3)(C1)N2. The van der Waals surface area contributed by atoms with Crippen molar-refractivity contribution in [2.24, 2.45) is 0 Å². The number of carbonyl (C=O) groups is 1. The van der Waals surface area contributed by atoms with Crippen LogP contribution in [-0.4, -0.2) is 48.4 Å². The molecule has 23 heavy (non-hydrogen) atoms. The molecule has 124 valence electrons. The summed E-state index contributed by atoms with van der Waals surface area (Å²) in [7, 11) is 0. The third-order valence-corrected chi connectivity index (χ3v) is 5.00. The average Bonchev–Trinajstić information content (AvgIpc) is 3.37. The number of hydrogen-bond acceptors (Lipinski definition) is 4. The standard InChI is InChI=1S/C18H24N2O3/c21-17(22-11-14-4-2-1-3-5-14)20-10-15-8-9-18(12-20,19-15)13-23-16-6-7-16/h1-5,15-16,19H,6-13H2/t15-,18+/m0/s1. The van der Waals surface area contributed by atoms with Crippen molar-refractivity contribution < 1.29 is 14.3 Å². The first-order valence-electron chi connectivity index (χ1n) is 8.57. The van der Waals surface area contributed by atoms with Gasteiger partial charge in [0.2, 0.25) is 0 Å². The number of fused-ring (bicyclic) bond motifs is 2. The van der Waals surface area contributed by atoms with Gasteiger partial charge in [-0.05, 0) is 31.2 Å². The monoisotopic (exact) mass is 316 g/mol. The second-order valence-corrected chi connectivity index (χ2v) is 7.09. The predicted octanol–water partition coefficient (Wildman–Crippen LogP) is 2.31. The van der Waals surface area contributed by atoms with Crippen LogP contribution in [0.25, 0.3) is 0 Å². The maximum atomic E-state index is 12.4. The Bertz CT molecular complexity index is 561. The van der Waals surface area contributed by atoms with Gasteiger partial charge in [0.15, 0.2) is 0 Å². The summed E-state index contributed by atoms with van der Waals surface area (Å²) in [5.74, 6) is 0. The van der Waals surface area contributed by atoms with Crippen molar-refractivity contribution in [2.75, 3.05) is 19.7 Å². The molecule has 2 atom stereocenters. The number of carbonyl (C=O) groups excluding carboxylic acids is 1. The minimum absolute atomic E-state index is 0.0721. The minimum atomic E-state index is -0.210. The molecule has 2 bridgehead atoms. The minimum Gasteiger partial charge on any atom is -0.445 e. The highest BCUT2D eigenvalue weighted by Gasteiger charge is 2.47. The molecule has 1 aromatic carbocycles. The van der Waals surface area contributed by atoms with Crippen LogP contribution in [0.4, 0.5) is 4.79 Å². The van der Waals surface area contributed by atoms with Gasteiger partial charge in [0.25, 0.3) is 0 Å². The summed E-state index contributed by atoms with van der Waals surface area (Å²) in [4.78, 5) is 14.3. The fraction of sp³-hybridized carbons (Fsp3) is 0.611. The van der Waals surface area contributed by atoms with E-state index < -0.39 is 0 Å². The van der Waals surface area contributed by atoms with Gasteiger partial charge in [-0.25, -0.2) is 4.79 Å². The quantitative estimate of drug-likeness (QED) is 0.906. The summed E-state index contributed by atoms with van der Waals surface area (Å²) in [6.45, 7) is 2.46. The Labute approximate surface area is 136 Å². The largest absolute Gasteiger partial charge is 0.445 e. The van der Waals surface area contributed by atoms with Crippen LogP contribution < -0.4 is 5.32 Å². The lowest BCUT2D eigenvalue weighted by molar-refractivity contribution is 0.0218.